The molecule has 0 fully saturated rings. The molecule has 21 heavy (non-hydrogen) atoms. The van der Waals surface area contributed by atoms with Gasteiger partial charge in [-0.2, -0.15) is 0 Å². The lowest BCUT2D eigenvalue weighted by Gasteiger charge is -2.24. The van der Waals surface area contributed by atoms with Crippen molar-refractivity contribution in [3.63, 3.8) is 0 Å². The zero-order chi connectivity index (χ0) is 15.6. The van der Waals surface area contributed by atoms with E-state index in [2.05, 4.69) is 5.32 Å². The van der Waals surface area contributed by atoms with Crippen molar-refractivity contribution in [1.82, 2.24) is 5.32 Å². The number of hydrogen-bond acceptors (Lipinski definition) is 3. The van der Waals surface area contributed by atoms with Crippen molar-refractivity contribution in [3.8, 4) is 0 Å². The molecule has 0 saturated heterocycles. The molecule has 5 heteroatoms. The van der Waals surface area contributed by atoms with Crippen LogP contribution in [0.1, 0.15) is 42.8 Å². The molecule has 1 aromatic heterocycles. The van der Waals surface area contributed by atoms with Crippen molar-refractivity contribution < 1.29 is 19.1 Å². The number of nitrogens with one attached hydrogen (secondary N) is 1. The highest BCUT2D eigenvalue weighted by Gasteiger charge is 2.24. The third-order valence-electron chi connectivity index (χ3n) is 3.31. The van der Waals surface area contributed by atoms with Crippen LogP contribution in [0.25, 0.3) is 11.0 Å². The molecule has 0 atom stereocenters. The molecule has 0 aliphatic rings. The maximum atomic E-state index is 12.2. The normalized spacial score (nSPS) is 11.6. The van der Waals surface area contributed by atoms with Gasteiger partial charge in [-0.25, -0.2) is 0 Å². The van der Waals surface area contributed by atoms with Gasteiger partial charge in [0, 0.05) is 17.3 Å². The van der Waals surface area contributed by atoms with E-state index in [-0.39, 0.29) is 18.1 Å². The molecular formula is C16H19NO4. The van der Waals surface area contributed by atoms with E-state index in [1.807, 2.05) is 25.1 Å². The van der Waals surface area contributed by atoms with Gasteiger partial charge in [0.15, 0.2) is 5.76 Å². The molecule has 112 valence electrons. The van der Waals surface area contributed by atoms with Crippen molar-refractivity contribution in [2.24, 2.45) is 0 Å². The highest BCUT2D eigenvalue weighted by molar-refractivity contribution is 5.96. The van der Waals surface area contributed by atoms with Crippen LogP contribution in [0.5, 0.6) is 0 Å². The van der Waals surface area contributed by atoms with Crippen molar-refractivity contribution >= 4 is 22.8 Å². The van der Waals surface area contributed by atoms with Gasteiger partial charge in [0.25, 0.3) is 5.91 Å². The molecule has 0 saturated carbocycles. The van der Waals surface area contributed by atoms with E-state index < -0.39 is 11.5 Å². The Hall–Kier alpha value is -2.30. The summed E-state index contributed by atoms with van der Waals surface area (Å²) in [5.74, 6) is -0.977. The van der Waals surface area contributed by atoms with E-state index in [1.165, 1.54) is 0 Å². The number of carbonyl (C=O) groups is 2. The fraction of sp³-hybridized carbons (Fsp3) is 0.375. The van der Waals surface area contributed by atoms with E-state index in [0.717, 1.165) is 10.9 Å². The number of hydrogen-bond donors (Lipinski definition) is 2. The lowest BCUT2D eigenvalue weighted by Crippen LogP contribution is -2.43. The summed E-state index contributed by atoms with van der Waals surface area (Å²) in [6, 6.07) is 7.40. The maximum Gasteiger partial charge on any atom is 0.303 e. The predicted octanol–water partition coefficient (Wildman–Crippen LogP) is 3.11. The molecule has 1 heterocycles. The first kappa shape index (κ1) is 15.1. The zero-order valence-corrected chi connectivity index (χ0v) is 12.4. The molecule has 0 aliphatic heterocycles. The Balaban J connectivity index is 2.12. The molecular weight excluding hydrogens is 270 g/mol. The Kier molecular flexibility index (Phi) is 4.02. The number of fused-ring (bicyclic) bond motifs is 1. The fourth-order valence-electron chi connectivity index (χ4n) is 2.13. The topological polar surface area (TPSA) is 79.5 Å². The first-order valence-electron chi connectivity index (χ1n) is 6.81. The van der Waals surface area contributed by atoms with Crippen LogP contribution in [-0.4, -0.2) is 22.5 Å². The summed E-state index contributed by atoms with van der Waals surface area (Å²) in [4.78, 5) is 22.8. The van der Waals surface area contributed by atoms with Crippen molar-refractivity contribution in [2.75, 3.05) is 0 Å². The van der Waals surface area contributed by atoms with Crippen molar-refractivity contribution in [2.45, 2.75) is 39.2 Å². The van der Waals surface area contributed by atoms with Gasteiger partial charge in [0.2, 0.25) is 0 Å². The van der Waals surface area contributed by atoms with Crippen LogP contribution in [0.3, 0.4) is 0 Å². The number of benzene rings is 1. The smallest absolute Gasteiger partial charge is 0.303 e. The summed E-state index contributed by atoms with van der Waals surface area (Å²) in [6.45, 7) is 5.56. The van der Waals surface area contributed by atoms with Crippen LogP contribution >= 0.6 is 0 Å². The van der Waals surface area contributed by atoms with E-state index in [0.29, 0.717) is 12.0 Å². The number of carbonyl (C=O) groups excluding carboxylic acids is 1. The van der Waals surface area contributed by atoms with Crippen LogP contribution in [0.15, 0.2) is 28.7 Å². The maximum absolute atomic E-state index is 12.2. The van der Waals surface area contributed by atoms with Crippen LogP contribution in [0, 0.1) is 6.92 Å². The Morgan fingerprint density at radius 1 is 1.29 bits per heavy atom. The SMILES string of the molecule is Cc1ccc2oc(C(=O)NC(C)(C)CCC(=O)O)cc2c1. The number of amides is 1. The number of carboxylic acids is 1. The lowest BCUT2D eigenvalue weighted by atomic mass is 9.98. The summed E-state index contributed by atoms with van der Waals surface area (Å²) in [5.41, 5.74) is 1.15. The third-order valence-corrected chi connectivity index (χ3v) is 3.31. The van der Waals surface area contributed by atoms with E-state index in [1.54, 1.807) is 19.9 Å². The van der Waals surface area contributed by atoms with Gasteiger partial charge in [-0.05, 0) is 45.4 Å². The van der Waals surface area contributed by atoms with Gasteiger partial charge in [0.05, 0.1) is 0 Å². The minimum atomic E-state index is -0.878. The molecule has 0 aliphatic carbocycles. The average Bonchev–Trinajstić information content (AvgIpc) is 2.79. The number of furan rings is 1. The van der Waals surface area contributed by atoms with Gasteiger partial charge in [-0.1, -0.05) is 11.6 Å². The molecule has 0 bridgehead atoms. The summed E-state index contributed by atoms with van der Waals surface area (Å²) in [5, 5.41) is 12.4. The Bertz CT molecular complexity index is 685. The average molecular weight is 289 g/mol. The zero-order valence-electron chi connectivity index (χ0n) is 12.4. The Morgan fingerprint density at radius 3 is 2.67 bits per heavy atom. The molecule has 1 amide bonds. The van der Waals surface area contributed by atoms with E-state index >= 15 is 0 Å². The summed E-state index contributed by atoms with van der Waals surface area (Å²) >= 11 is 0. The molecule has 0 unspecified atom stereocenters. The predicted molar refractivity (Wildman–Crippen MR) is 79.4 cm³/mol. The standard InChI is InChI=1S/C16H19NO4/c1-10-4-5-12-11(8-10)9-13(21-12)15(20)17-16(2,3)7-6-14(18)19/h4-5,8-9H,6-7H2,1-3H3,(H,17,20)(H,18,19). The molecule has 0 radical (unpaired) electrons. The highest BCUT2D eigenvalue weighted by Crippen LogP contribution is 2.21. The summed E-state index contributed by atoms with van der Waals surface area (Å²) in [6.07, 6.45) is 0.361. The quantitative estimate of drug-likeness (QED) is 0.886. The van der Waals surface area contributed by atoms with E-state index in [4.69, 9.17) is 9.52 Å². The van der Waals surface area contributed by atoms with Gasteiger partial charge >= 0.3 is 5.97 Å². The first-order valence-corrected chi connectivity index (χ1v) is 6.81. The van der Waals surface area contributed by atoms with Crippen molar-refractivity contribution in [3.05, 3.63) is 35.6 Å². The number of rotatable bonds is 5. The van der Waals surface area contributed by atoms with Crippen LogP contribution in [-0.2, 0) is 4.79 Å². The Labute approximate surface area is 122 Å². The second-order valence-corrected chi connectivity index (χ2v) is 5.88. The summed E-state index contributed by atoms with van der Waals surface area (Å²) < 4.78 is 5.53. The van der Waals surface area contributed by atoms with Gasteiger partial charge in [-0.3, -0.25) is 9.59 Å². The van der Waals surface area contributed by atoms with Crippen LogP contribution in [0.4, 0.5) is 0 Å². The Morgan fingerprint density at radius 2 is 2.00 bits per heavy atom. The third kappa shape index (κ3) is 3.84. The van der Waals surface area contributed by atoms with Crippen LogP contribution < -0.4 is 5.32 Å². The largest absolute Gasteiger partial charge is 0.481 e. The molecule has 5 nitrogen and oxygen atoms in total. The minimum Gasteiger partial charge on any atom is -0.481 e. The molecule has 2 aromatic rings. The van der Waals surface area contributed by atoms with Gasteiger partial charge < -0.3 is 14.8 Å². The number of aryl methyl sites for hydroxylation is 1. The highest BCUT2D eigenvalue weighted by atomic mass is 16.4. The molecule has 2 rings (SSSR count). The number of carboxylic acid groups (broad SMARTS) is 1. The van der Waals surface area contributed by atoms with Gasteiger partial charge in [-0.15, -0.1) is 0 Å². The molecule has 1 aromatic carbocycles. The molecule has 2 N–H and O–H groups in total. The van der Waals surface area contributed by atoms with Gasteiger partial charge in [0.1, 0.15) is 5.58 Å². The fourth-order valence-corrected chi connectivity index (χ4v) is 2.13. The second kappa shape index (κ2) is 5.60. The first-order chi connectivity index (χ1) is 9.77. The number of aliphatic carboxylic acids is 1. The summed E-state index contributed by atoms with van der Waals surface area (Å²) in [7, 11) is 0. The lowest BCUT2D eigenvalue weighted by molar-refractivity contribution is -0.137. The monoisotopic (exact) mass is 289 g/mol. The van der Waals surface area contributed by atoms with Crippen LogP contribution in [0.2, 0.25) is 0 Å². The molecule has 0 spiro atoms. The van der Waals surface area contributed by atoms with E-state index in [9.17, 15) is 9.59 Å². The second-order valence-electron chi connectivity index (χ2n) is 5.88. The minimum absolute atomic E-state index is 0.00655. The van der Waals surface area contributed by atoms with Crippen molar-refractivity contribution in [1.29, 1.82) is 0 Å².